The molecule has 0 spiro atoms. The SMILES string of the molecule is O=C([O-])CCCCCCCCC(=O)[O-].[Na+]. The first-order valence-corrected chi connectivity index (χ1v) is 5.02. The first-order chi connectivity index (χ1) is 6.63. The molecule has 5 heteroatoms. The van der Waals surface area contributed by atoms with Crippen molar-refractivity contribution in [2.24, 2.45) is 0 Å². The van der Waals surface area contributed by atoms with E-state index in [-0.39, 0.29) is 42.4 Å². The molecule has 0 aromatic carbocycles. The van der Waals surface area contributed by atoms with Gasteiger partial charge in [-0.2, -0.15) is 0 Å². The Balaban J connectivity index is 0. The van der Waals surface area contributed by atoms with Crippen LogP contribution in [0.15, 0.2) is 0 Å². The Labute approximate surface area is 112 Å². The molecule has 0 saturated carbocycles. The van der Waals surface area contributed by atoms with Crippen molar-refractivity contribution in [2.75, 3.05) is 0 Å². The molecule has 15 heavy (non-hydrogen) atoms. The van der Waals surface area contributed by atoms with Crippen LogP contribution < -0.4 is 39.8 Å². The van der Waals surface area contributed by atoms with Crippen LogP contribution in [-0.4, -0.2) is 11.9 Å². The maximum Gasteiger partial charge on any atom is 1.00 e. The average molecular weight is 223 g/mol. The topological polar surface area (TPSA) is 80.3 Å². The van der Waals surface area contributed by atoms with Crippen LogP contribution in [0, 0.1) is 0 Å². The Morgan fingerprint density at radius 3 is 1.20 bits per heavy atom. The fraction of sp³-hybridized carbons (Fsp3) is 0.800. The largest absolute Gasteiger partial charge is 1.00 e. The van der Waals surface area contributed by atoms with Crippen molar-refractivity contribution in [2.45, 2.75) is 51.4 Å². The van der Waals surface area contributed by atoms with Gasteiger partial charge >= 0.3 is 29.6 Å². The first-order valence-electron chi connectivity index (χ1n) is 5.02. The zero-order chi connectivity index (χ0) is 10.8. The second kappa shape index (κ2) is 12.0. The fourth-order valence-electron chi connectivity index (χ4n) is 1.25. The third-order valence-corrected chi connectivity index (χ3v) is 2.01. The zero-order valence-electron chi connectivity index (χ0n) is 9.29. The molecule has 0 aliphatic carbocycles. The van der Waals surface area contributed by atoms with E-state index in [1.54, 1.807) is 0 Å². The predicted molar refractivity (Wildman–Crippen MR) is 47.0 cm³/mol. The molecule has 0 bridgehead atoms. The van der Waals surface area contributed by atoms with E-state index in [0.717, 1.165) is 25.7 Å². The number of carboxylic acids is 2. The molecule has 0 saturated heterocycles. The van der Waals surface area contributed by atoms with Gasteiger partial charge in [0.25, 0.3) is 0 Å². The molecule has 0 aromatic heterocycles. The predicted octanol–water partition coefficient (Wildman–Crippen LogP) is -3.39. The third-order valence-electron chi connectivity index (χ3n) is 2.01. The summed E-state index contributed by atoms with van der Waals surface area (Å²) in [5.41, 5.74) is 0. The van der Waals surface area contributed by atoms with Gasteiger partial charge in [-0.05, 0) is 25.7 Å². The van der Waals surface area contributed by atoms with Crippen LogP contribution in [0.2, 0.25) is 0 Å². The van der Waals surface area contributed by atoms with Gasteiger partial charge in [-0.25, -0.2) is 0 Å². The molecule has 0 aliphatic heterocycles. The minimum absolute atomic E-state index is 0. The van der Waals surface area contributed by atoms with Gasteiger partial charge < -0.3 is 19.8 Å². The van der Waals surface area contributed by atoms with E-state index in [9.17, 15) is 19.8 Å². The van der Waals surface area contributed by atoms with E-state index < -0.39 is 11.9 Å². The van der Waals surface area contributed by atoms with Crippen LogP contribution >= 0.6 is 0 Å². The molecule has 0 aliphatic rings. The van der Waals surface area contributed by atoms with Gasteiger partial charge in [0, 0.05) is 11.9 Å². The van der Waals surface area contributed by atoms with Crippen LogP contribution in [0.1, 0.15) is 51.4 Å². The maximum atomic E-state index is 10.0. The Morgan fingerprint density at radius 2 is 0.933 bits per heavy atom. The van der Waals surface area contributed by atoms with Crippen LogP contribution in [0.5, 0.6) is 0 Å². The van der Waals surface area contributed by atoms with Crippen molar-refractivity contribution < 1.29 is 49.4 Å². The molecular weight excluding hydrogens is 207 g/mol. The summed E-state index contributed by atoms with van der Waals surface area (Å²) in [4.78, 5) is 20.1. The standard InChI is InChI=1S/C10H18O4.Na/c11-9(12)7-5-3-1-2-4-6-8-10(13)14;/h1-8H2,(H,11,12)(H,13,14);/q;+1/p-2. The van der Waals surface area contributed by atoms with Gasteiger partial charge in [-0.1, -0.05) is 25.7 Å². The van der Waals surface area contributed by atoms with E-state index in [1.807, 2.05) is 0 Å². The molecule has 0 heterocycles. The Hall–Kier alpha value is -0.0600. The van der Waals surface area contributed by atoms with Crippen LogP contribution in [0.25, 0.3) is 0 Å². The Morgan fingerprint density at radius 1 is 0.667 bits per heavy atom. The third kappa shape index (κ3) is 16.6. The normalized spacial score (nSPS) is 9.33. The summed E-state index contributed by atoms with van der Waals surface area (Å²) in [5, 5.41) is 20.1. The summed E-state index contributed by atoms with van der Waals surface area (Å²) in [6.45, 7) is 0. The van der Waals surface area contributed by atoms with E-state index >= 15 is 0 Å². The molecule has 0 rings (SSSR count). The van der Waals surface area contributed by atoms with Crippen molar-refractivity contribution in [1.29, 1.82) is 0 Å². The van der Waals surface area contributed by atoms with E-state index in [2.05, 4.69) is 0 Å². The monoisotopic (exact) mass is 223 g/mol. The van der Waals surface area contributed by atoms with Gasteiger partial charge in [-0.15, -0.1) is 0 Å². The molecule has 0 amide bonds. The quantitative estimate of drug-likeness (QED) is 0.301. The van der Waals surface area contributed by atoms with E-state index in [0.29, 0.717) is 12.8 Å². The maximum absolute atomic E-state index is 10.0. The number of rotatable bonds is 9. The van der Waals surface area contributed by atoms with E-state index in [1.165, 1.54) is 0 Å². The van der Waals surface area contributed by atoms with Gasteiger partial charge in [0.2, 0.25) is 0 Å². The van der Waals surface area contributed by atoms with Gasteiger partial charge in [0.1, 0.15) is 0 Å². The van der Waals surface area contributed by atoms with E-state index in [4.69, 9.17) is 0 Å². The second-order valence-corrected chi connectivity index (χ2v) is 3.37. The first kappa shape index (κ1) is 17.3. The molecular formula is C10H16NaO4-. The second-order valence-electron chi connectivity index (χ2n) is 3.37. The van der Waals surface area contributed by atoms with Crippen molar-refractivity contribution in [3.63, 3.8) is 0 Å². The average Bonchev–Trinajstić information content (AvgIpc) is 2.08. The number of hydrogen-bond acceptors (Lipinski definition) is 4. The number of carboxylic acid groups (broad SMARTS) is 2. The van der Waals surface area contributed by atoms with Crippen molar-refractivity contribution in [3.05, 3.63) is 0 Å². The minimum atomic E-state index is -0.998. The minimum Gasteiger partial charge on any atom is -0.550 e. The number of carbonyl (C=O) groups excluding carboxylic acids is 2. The number of aliphatic carboxylic acids is 2. The van der Waals surface area contributed by atoms with Crippen molar-refractivity contribution >= 4 is 11.9 Å². The summed E-state index contributed by atoms with van der Waals surface area (Å²) < 4.78 is 0. The number of hydrogen-bond donors (Lipinski definition) is 0. The van der Waals surface area contributed by atoms with Crippen molar-refractivity contribution in [1.82, 2.24) is 0 Å². The molecule has 0 unspecified atom stereocenters. The summed E-state index contributed by atoms with van der Waals surface area (Å²) >= 11 is 0. The molecule has 0 aromatic rings. The Kier molecular flexibility index (Phi) is 13.9. The van der Waals surface area contributed by atoms with Crippen LogP contribution in [0.3, 0.4) is 0 Å². The molecule has 0 radical (unpaired) electrons. The van der Waals surface area contributed by atoms with Gasteiger partial charge in [0.05, 0.1) is 0 Å². The smallest absolute Gasteiger partial charge is 0.550 e. The van der Waals surface area contributed by atoms with Gasteiger partial charge in [-0.3, -0.25) is 0 Å². The van der Waals surface area contributed by atoms with Gasteiger partial charge in [0.15, 0.2) is 0 Å². The number of unbranched alkanes of at least 4 members (excludes halogenated alkanes) is 5. The summed E-state index contributed by atoms with van der Waals surface area (Å²) in [7, 11) is 0. The molecule has 0 atom stereocenters. The Bertz CT molecular complexity index is 162. The van der Waals surface area contributed by atoms with Crippen LogP contribution in [-0.2, 0) is 9.59 Å². The summed E-state index contributed by atoms with van der Waals surface area (Å²) in [6.07, 6.45) is 5.23. The molecule has 4 nitrogen and oxygen atoms in total. The number of carbonyl (C=O) groups is 2. The molecule has 0 N–H and O–H groups in total. The van der Waals surface area contributed by atoms with Crippen molar-refractivity contribution in [3.8, 4) is 0 Å². The van der Waals surface area contributed by atoms with Crippen LogP contribution in [0.4, 0.5) is 0 Å². The summed E-state index contributed by atoms with van der Waals surface area (Å²) in [6, 6.07) is 0. The fourth-order valence-corrected chi connectivity index (χ4v) is 1.25. The summed E-state index contributed by atoms with van der Waals surface area (Å²) in [5.74, 6) is -2.00. The molecule has 0 fully saturated rings. The zero-order valence-corrected chi connectivity index (χ0v) is 11.3. The molecule has 82 valence electrons.